The van der Waals surface area contributed by atoms with E-state index in [0.717, 1.165) is 19.8 Å². The Morgan fingerprint density at radius 1 is 1.00 bits per heavy atom. The molecule has 1 rings (SSSR count). The predicted octanol–water partition coefficient (Wildman–Crippen LogP) is 3.57. The highest BCUT2D eigenvalue weighted by Gasteiger charge is 2.56. The molecular formula is C14H19F3O3. The molecule has 0 atom stereocenters. The zero-order chi connectivity index (χ0) is 15.2. The third-order valence-corrected chi connectivity index (χ3v) is 3.07. The van der Waals surface area contributed by atoms with Crippen molar-refractivity contribution in [2.45, 2.75) is 31.7 Å². The first-order valence-electron chi connectivity index (χ1n) is 6.27. The van der Waals surface area contributed by atoms with Gasteiger partial charge in [0, 0.05) is 20.6 Å². The maximum atomic E-state index is 13.0. The standard InChI is InChI=1S/C14H19F3O3/c1-4-20-12-7-5-11(6-8-12)9-10-13(18-2,19-3)14(15,16)17/h5-8H,4,9-10H2,1-3H3. The number of ether oxygens (including phenoxy) is 3. The second kappa shape index (κ2) is 6.95. The molecule has 1 aromatic carbocycles. The van der Waals surface area contributed by atoms with Gasteiger partial charge in [-0.15, -0.1) is 0 Å². The second-order valence-electron chi connectivity index (χ2n) is 4.24. The highest BCUT2D eigenvalue weighted by molar-refractivity contribution is 5.27. The van der Waals surface area contributed by atoms with Gasteiger partial charge in [-0.25, -0.2) is 0 Å². The summed E-state index contributed by atoms with van der Waals surface area (Å²) < 4.78 is 53.3. The summed E-state index contributed by atoms with van der Waals surface area (Å²) in [7, 11) is 1.99. The fourth-order valence-corrected chi connectivity index (χ4v) is 1.89. The molecule has 0 aliphatic rings. The quantitative estimate of drug-likeness (QED) is 0.719. The molecule has 20 heavy (non-hydrogen) atoms. The van der Waals surface area contributed by atoms with Gasteiger partial charge in [0.1, 0.15) is 5.75 Å². The lowest BCUT2D eigenvalue weighted by Gasteiger charge is -2.32. The molecule has 0 heterocycles. The molecule has 0 N–H and O–H groups in total. The van der Waals surface area contributed by atoms with E-state index in [-0.39, 0.29) is 12.8 Å². The van der Waals surface area contributed by atoms with Gasteiger partial charge in [-0.1, -0.05) is 12.1 Å². The van der Waals surface area contributed by atoms with E-state index in [1.807, 2.05) is 6.92 Å². The average molecular weight is 292 g/mol. The summed E-state index contributed by atoms with van der Waals surface area (Å²) in [5.41, 5.74) is 0.760. The lowest BCUT2D eigenvalue weighted by molar-refractivity contribution is -0.368. The fourth-order valence-electron chi connectivity index (χ4n) is 1.89. The van der Waals surface area contributed by atoms with E-state index in [2.05, 4.69) is 9.47 Å². The number of aryl methyl sites for hydroxylation is 1. The van der Waals surface area contributed by atoms with Gasteiger partial charge >= 0.3 is 6.18 Å². The van der Waals surface area contributed by atoms with Crippen LogP contribution in [0.15, 0.2) is 24.3 Å². The summed E-state index contributed by atoms with van der Waals surface area (Å²) in [6, 6.07) is 6.93. The zero-order valence-electron chi connectivity index (χ0n) is 11.8. The highest BCUT2D eigenvalue weighted by atomic mass is 19.4. The van der Waals surface area contributed by atoms with Crippen molar-refractivity contribution in [1.82, 2.24) is 0 Å². The molecule has 3 nitrogen and oxygen atoms in total. The van der Waals surface area contributed by atoms with E-state index in [1.54, 1.807) is 24.3 Å². The van der Waals surface area contributed by atoms with Crippen LogP contribution in [0.2, 0.25) is 0 Å². The van der Waals surface area contributed by atoms with Crippen LogP contribution in [0.5, 0.6) is 5.75 Å². The van der Waals surface area contributed by atoms with Crippen LogP contribution in [-0.4, -0.2) is 32.8 Å². The third kappa shape index (κ3) is 3.86. The van der Waals surface area contributed by atoms with E-state index in [9.17, 15) is 13.2 Å². The Kier molecular flexibility index (Phi) is 5.83. The maximum Gasteiger partial charge on any atom is 0.443 e. The SMILES string of the molecule is CCOc1ccc(CCC(OC)(OC)C(F)(F)F)cc1. The van der Waals surface area contributed by atoms with Gasteiger partial charge in [-0.3, -0.25) is 0 Å². The van der Waals surface area contributed by atoms with Crippen LogP contribution in [0, 0.1) is 0 Å². The monoisotopic (exact) mass is 292 g/mol. The number of rotatable bonds is 7. The summed E-state index contributed by atoms with van der Waals surface area (Å²) >= 11 is 0. The van der Waals surface area contributed by atoms with Crippen molar-refractivity contribution in [2.24, 2.45) is 0 Å². The van der Waals surface area contributed by atoms with Gasteiger partial charge in [-0.05, 0) is 31.0 Å². The Labute approximate surface area is 116 Å². The summed E-state index contributed by atoms with van der Waals surface area (Å²) in [5.74, 6) is -1.87. The molecule has 0 aromatic heterocycles. The largest absolute Gasteiger partial charge is 0.494 e. The van der Waals surface area contributed by atoms with Gasteiger partial charge in [0.2, 0.25) is 0 Å². The van der Waals surface area contributed by atoms with Crippen LogP contribution in [0.4, 0.5) is 13.2 Å². The van der Waals surface area contributed by atoms with Crippen molar-refractivity contribution in [3.63, 3.8) is 0 Å². The second-order valence-corrected chi connectivity index (χ2v) is 4.24. The van der Waals surface area contributed by atoms with E-state index in [4.69, 9.17) is 4.74 Å². The zero-order valence-corrected chi connectivity index (χ0v) is 11.8. The average Bonchev–Trinajstić information content (AvgIpc) is 2.41. The lowest BCUT2D eigenvalue weighted by Crippen LogP contribution is -2.49. The molecule has 0 saturated carbocycles. The predicted molar refractivity (Wildman–Crippen MR) is 68.7 cm³/mol. The van der Waals surface area contributed by atoms with Crippen LogP contribution >= 0.6 is 0 Å². The number of methoxy groups -OCH3 is 2. The van der Waals surface area contributed by atoms with Gasteiger partial charge < -0.3 is 14.2 Å². The number of alkyl halides is 3. The van der Waals surface area contributed by atoms with E-state index >= 15 is 0 Å². The van der Waals surface area contributed by atoms with Crippen molar-refractivity contribution >= 4 is 0 Å². The fraction of sp³-hybridized carbons (Fsp3) is 0.571. The molecule has 0 unspecified atom stereocenters. The molecule has 0 bridgehead atoms. The minimum atomic E-state index is -4.58. The van der Waals surface area contributed by atoms with Crippen LogP contribution in [-0.2, 0) is 15.9 Å². The number of benzene rings is 1. The van der Waals surface area contributed by atoms with Crippen LogP contribution in [0.3, 0.4) is 0 Å². The third-order valence-electron chi connectivity index (χ3n) is 3.07. The van der Waals surface area contributed by atoms with Crippen LogP contribution < -0.4 is 4.74 Å². The summed E-state index contributed by atoms with van der Waals surface area (Å²) in [4.78, 5) is 0. The van der Waals surface area contributed by atoms with Crippen molar-refractivity contribution in [2.75, 3.05) is 20.8 Å². The molecule has 0 aliphatic carbocycles. The molecular weight excluding hydrogens is 273 g/mol. The molecule has 0 radical (unpaired) electrons. The smallest absolute Gasteiger partial charge is 0.443 e. The Morgan fingerprint density at radius 3 is 1.95 bits per heavy atom. The first-order chi connectivity index (χ1) is 9.38. The Bertz CT molecular complexity index is 397. The van der Waals surface area contributed by atoms with Gasteiger partial charge in [-0.2, -0.15) is 13.2 Å². The van der Waals surface area contributed by atoms with E-state index in [1.165, 1.54) is 0 Å². The Morgan fingerprint density at radius 2 is 1.55 bits per heavy atom. The molecule has 0 saturated heterocycles. The number of halogens is 3. The van der Waals surface area contributed by atoms with Gasteiger partial charge in [0.15, 0.2) is 0 Å². The number of hydrogen-bond acceptors (Lipinski definition) is 3. The van der Waals surface area contributed by atoms with Crippen molar-refractivity contribution < 1.29 is 27.4 Å². The summed E-state index contributed by atoms with van der Waals surface area (Å²) in [5, 5.41) is 0. The van der Waals surface area contributed by atoms with Crippen molar-refractivity contribution in [3.8, 4) is 5.75 Å². The van der Waals surface area contributed by atoms with Crippen LogP contribution in [0.25, 0.3) is 0 Å². The highest BCUT2D eigenvalue weighted by Crippen LogP contribution is 2.37. The Hall–Kier alpha value is -1.27. The molecule has 0 amide bonds. The van der Waals surface area contributed by atoms with Crippen LogP contribution in [0.1, 0.15) is 18.9 Å². The lowest BCUT2D eigenvalue weighted by atomic mass is 10.0. The minimum absolute atomic E-state index is 0.188. The van der Waals surface area contributed by atoms with Crippen molar-refractivity contribution in [1.29, 1.82) is 0 Å². The Balaban J connectivity index is 2.73. The van der Waals surface area contributed by atoms with E-state index < -0.39 is 12.0 Å². The molecule has 0 spiro atoms. The first-order valence-corrected chi connectivity index (χ1v) is 6.27. The number of hydrogen-bond donors (Lipinski definition) is 0. The summed E-state index contributed by atoms with van der Waals surface area (Å²) in [6.45, 7) is 2.41. The molecule has 6 heteroatoms. The van der Waals surface area contributed by atoms with E-state index in [0.29, 0.717) is 12.4 Å². The molecule has 1 aromatic rings. The first kappa shape index (κ1) is 16.8. The molecule has 114 valence electrons. The van der Waals surface area contributed by atoms with Crippen molar-refractivity contribution in [3.05, 3.63) is 29.8 Å². The van der Waals surface area contributed by atoms with Gasteiger partial charge in [0.25, 0.3) is 5.79 Å². The normalized spacial score (nSPS) is 12.5. The topological polar surface area (TPSA) is 27.7 Å². The minimum Gasteiger partial charge on any atom is -0.494 e. The van der Waals surface area contributed by atoms with Gasteiger partial charge in [0.05, 0.1) is 6.61 Å². The summed E-state index contributed by atoms with van der Waals surface area (Å²) in [6.07, 6.45) is -4.70. The molecule has 0 fully saturated rings. The maximum absolute atomic E-state index is 13.0. The molecule has 0 aliphatic heterocycles.